The van der Waals surface area contributed by atoms with Crippen LogP contribution in [0.15, 0.2) is 24.5 Å². The van der Waals surface area contributed by atoms with E-state index < -0.39 is 0 Å². The molecule has 1 aromatic heterocycles. The number of benzene rings is 1. The van der Waals surface area contributed by atoms with E-state index in [-0.39, 0.29) is 18.2 Å². The molecule has 1 aliphatic rings. The smallest absolute Gasteiger partial charge is 0.145 e. The van der Waals surface area contributed by atoms with Crippen molar-refractivity contribution in [2.75, 3.05) is 6.61 Å². The van der Waals surface area contributed by atoms with Crippen molar-refractivity contribution >= 4 is 18.2 Å². The summed E-state index contributed by atoms with van der Waals surface area (Å²) in [6.07, 6.45) is 3.95. The number of rotatable bonds is 5. The van der Waals surface area contributed by atoms with Gasteiger partial charge in [0.05, 0.1) is 6.61 Å². The molecule has 0 atom stereocenters. The van der Waals surface area contributed by atoms with Gasteiger partial charge in [-0.1, -0.05) is 0 Å². The normalized spacial score (nSPS) is 13.6. The number of nitrogens with two attached hydrogens (primary N) is 1. The first kappa shape index (κ1) is 14.3. The second-order valence-corrected chi connectivity index (χ2v) is 4.60. The van der Waals surface area contributed by atoms with E-state index in [1.807, 2.05) is 0 Å². The molecule has 1 fully saturated rings. The Morgan fingerprint density at radius 2 is 2.25 bits per heavy atom. The van der Waals surface area contributed by atoms with Crippen molar-refractivity contribution in [2.45, 2.75) is 12.8 Å². The van der Waals surface area contributed by atoms with Crippen LogP contribution in [0.4, 0.5) is 0 Å². The summed E-state index contributed by atoms with van der Waals surface area (Å²) in [7, 11) is 0. The predicted molar refractivity (Wildman–Crippen MR) is 75.6 cm³/mol. The van der Waals surface area contributed by atoms with Gasteiger partial charge in [0.2, 0.25) is 0 Å². The van der Waals surface area contributed by atoms with Gasteiger partial charge in [0.1, 0.15) is 23.6 Å². The molecule has 20 heavy (non-hydrogen) atoms. The Morgan fingerprint density at radius 3 is 2.85 bits per heavy atom. The molecule has 7 nitrogen and oxygen atoms in total. The zero-order valence-corrected chi connectivity index (χ0v) is 11.5. The van der Waals surface area contributed by atoms with Gasteiger partial charge in [0, 0.05) is 5.56 Å². The zero-order valence-electron chi connectivity index (χ0n) is 10.7. The molecule has 0 saturated heterocycles. The Morgan fingerprint density at radius 1 is 1.45 bits per heavy atom. The van der Waals surface area contributed by atoms with Gasteiger partial charge in [-0.2, -0.15) is 4.68 Å². The number of amidine groups is 1. The Kier molecular flexibility index (Phi) is 4.19. The lowest BCUT2D eigenvalue weighted by Gasteiger charge is -2.11. The SMILES string of the molecule is Cl.N=C(N)c1ccc(OCC2CC2)c(-n2cnnn2)c1. The highest BCUT2D eigenvalue weighted by atomic mass is 35.5. The maximum Gasteiger partial charge on any atom is 0.145 e. The lowest BCUT2D eigenvalue weighted by molar-refractivity contribution is 0.298. The number of hydrogen-bond acceptors (Lipinski definition) is 5. The lowest BCUT2D eigenvalue weighted by atomic mass is 10.1. The van der Waals surface area contributed by atoms with Crippen molar-refractivity contribution in [2.24, 2.45) is 11.7 Å². The summed E-state index contributed by atoms with van der Waals surface area (Å²) in [5.74, 6) is 1.36. The molecule has 2 aromatic rings. The quantitative estimate of drug-likeness (QED) is 0.636. The molecule has 0 unspecified atom stereocenters. The van der Waals surface area contributed by atoms with Crippen molar-refractivity contribution in [3.05, 3.63) is 30.1 Å². The third kappa shape index (κ3) is 3.05. The van der Waals surface area contributed by atoms with E-state index in [2.05, 4.69) is 15.5 Å². The summed E-state index contributed by atoms with van der Waals surface area (Å²) in [6.45, 7) is 0.703. The average molecular weight is 295 g/mol. The first-order valence-electron chi connectivity index (χ1n) is 6.08. The van der Waals surface area contributed by atoms with E-state index in [0.717, 1.165) is 0 Å². The Bertz CT molecular complexity index is 596. The molecule has 1 aromatic carbocycles. The number of halogens is 1. The van der Waals surface area contributed by atoms with Gasteiger partial charge in [-0.3, -0.25) is 5.41 Å². The van der Waals surface area contributed by atoms with Crippen LogP contribution in [-0.4, -0.2) is 32.6 Å². The highest BCUT2D eigenvalue weighted by molar-refractivity contribution is 5.95. The molecular weight excluding hydrogens is 280 g/mol. The first-order valence-corrected chi connectivity index (χ1v) is 6.08. The number of ether oxygens (including phenoxy) is 1. The topological polar surface area (TPSA) is 103 Å². The molecule has 0 aliphatic heterocycles. The van der Waals surface area contributed by atoms with E-state index in [1.165, 1.54) is 23.9 Å². The van der Waals surface area contributed by atoms with Crippen LogP contribution in [0.2, 0.25) is 0 Å². The molecule has 0 radical (unpaired) electrons. The van der Waals surface area contributed by atoms with Crippen LogP contribution in [0, 0.1) is 11.3 Å². The average Bonchev–Trinajstić information content (AvgIpc) is 3.08. The fraction of sp³-hybridized carbons (Fsp3) is 0.333. The van der Waals surface area contributed by atoms with Gasteiger partial charge in [0.25, 0.3) is 0 Å². The number of nitrogens with zero attached hydrogens (tertiary/aromatic N) is 4. The third-order valence-electron chi connectivity index (χ3n) is 3.04. The zero-order chi connectivity index (χ0) is 13.2. The predicted octanol–water partition coefficient (Wildman–Crippen LogP) is 1.16. The van der Waals surface area contributed by atoms with Gasteiger partial charge < -0.3 is 10.5 Å². The van der Waals surface area contributed by atoms with Gasteiger partial charge >= 0.3 is 0 Å². The molecule has 0 amide bonds. The summed E-state index contributed by atoms with van der Waals surface area (Å²) < 4.78 is 7.30. The van der Waals surface area contributed by atoms with Gasteiger partial charge in [-0.05, 0) is 47.4 Å². The molecule has 3 rings (SSSR count). The minimum absolute atomic E-state index is 0. The third-order valence-corrected chi connectivity index (χ3v) is 3.04. The van der Waals surface area contributed by atoms with E-state index in [4.69, 9.17) is 15.9 Å². The van der Waals surface area contributed by atoms with Crippen LogP contribution in [0.5, 0.6) is 5.75 Å². The summed E-state index contributed by atoms with van der Waals surface area (Å²) in [5, 5.41) is 18.6. The van der Waals surface area contributed by atoms with Crippen molar-refractivity contribution in [1.82, 2.24) is 20.2 Å². The fourth-order valence-electron chi connectivity index (χ4n) is 1.75. The highest BCUT2D eigenvalue weighted by Gasteiger charge is 2.22. The second-order valence-electron chi connectivity index (χ2n) is 4.60. The molecule has 8 heteroatoms. The van der Waals surface area contributed by atoms with E-state index >= 15 is 0 Å². The van der Waals surface area contributed by atoms with E-state index in [1.54, 1.807) is 18.2 Å². The summed E-state index contributed by atoms with van der Waals surface area (Å²) in [4.78, 5) is 0. The van der Waals surface area contributed by atoms with Gasteiger partial charge in [-0.25, -0.2) is 0 Å². The molecule has 1 aliphatic carbocycles. The Hall–Kier alpha value is -2.15. The van der Waals surface area contributed by atoms with Gasteiger partial charge in [-0.15, -0.1) is 17.5 Å². The minimum atomic E-state index is 0. The van der Waals surface area contributed by atoms with Gasteiger partial charge in [0.15, 0.2) is 0 Å². The van der Waals surface area contributed by atoms with Crippen molar-refractivity contribution in [1.29, 1.82) is 5.41 Å². The largest absolute Gasteiger partial charge is 0.491 e. The second kappa shape index (κ2) is 5.87. The molecule has 0 spiro atoms. The number of nitrogens with one attached hydrogen (secondary N) is 1. The van der Waals surface area contributed by atoms with Crippen LogP contribution in [0.3, 0.4) is 0 Å². The maximum atomic E-state index is 7.48. The Labute approximate surface area is 122 Å². The first-order chi connectivity index (χ1) is 9.24. The van der Waals surface area contributed by atoms with Crippen LogP contribution in [0.1, 0.15) is 18.4 Å². The fourth-order valence-corrected chi connectivity index (χ4v) is 1.75. The van der Waals surface area contributed by atoms with Crippen molar-refractivity contribution in [3.63, 3.8) is 0 Å². The number of aromatic nitrogens is 4. The Balaban J connectivity index is 0.00000147. The van der Waals surface area contributed by atoms with Crippen LogP contribution < -0.4 is 10.5 Å². The van der Waals surface area contributed by atoms with Crippen molar-refractivity contribution in [3.8, 4) is 11.4 Å². The molecular formula is C12H15ClN6O. The minimum Gasteiger partial charge on any atom is -0.491 e. The van der Waals surface area contributed by atoms with Crippen molar-refractivity contribution < 1.29 is 4.74 Å². The van der Waals surface area contributed by atoms with Crippen LogP contribution in [0.25, 0.3) is 5.69 Å². The summed E-state index contributed by atoms with van der Waals surface area (Å²) in [5.41, 5.74) is 6.81. The molecule has 3 N–H and O–H groups in total. The molecule has 106 valence electrons. The number of tetrazole rings is 1. The maximum absolute atomic E-state index is 7.48. The molecule has 1 saturated carbocycles. The lowest BCUT2D eigenvalue weighted by Crippen LogP contribution is -2.12. The molecule has 1 heterocycles. The standard InChI is InChI=1S/C12H14N6O.ClH/c13-12(14)9-3-4-11(19-6-8-1-2-8)10(5-9)18-7-15-16-17-18;/h3-5,7-8H,1-2,6H2,(H3,13,14);1H. The van der Waals surface area contributed by atoms with E-state index in [9.17, 15) is 0 Å². The number of hydrogen-bond donors (Lipinski definition) is 2. The van der Waals surface area contributed by atoms with Crippen LogP contribution >= 0.6 is 12.4 Å². The highest BCUT2D eigenvalue weighted by Crippen LogP contribution is 2.31. The summed E-state index contributed by atoms with van der Waals surface area (Å²) in [6, 6.07) is 5.31. The van der Waals surface area contributed by atoms with E-state index in [0.29, 0.717) is 29.5 Å². The summed E-state index contributed by atoms with van der Waals surface area (Å²) >= 11 is 0. The molecule has 0 bridgehead atoms. The monoisotopic (exact) mass is 294 g/mol. The number of nitrogen functional groups attached to an aromatic ring is 1. The van der Waals surface area contributed by atoms with Crippen LogP contribution in [-0.2, 0) is 0 Å².